The van der Waals surface area contributed by atoms with E-state index in [9.17, 15) is 0 Å². The molecule has 7 heteroatoms. The Bertz CT molecular complexity index is 691. The van der Waals surface area contributed by atoms with Crippen LogP contribution in [0.4, 0.5) is 0 Å². The molecule has 1 N–H and O–H groups in total. The van der Waals surface area contributed by atoms with Crippen molar-refractivity contribution in [2.75, 3.05) is 13.7 Å². The molecule has 0 aliphatic rings. The van der Waals surface area contributed by atoms with Gasteiger partial charge >= 0.3 is 0 Å². The molecule has 1 heterocycles. The van der Waals surface area contributed by atoms with E-state index in [2.05, 4.69) is 15.3 Å². The summed E-state index contributed by atoms with van der Waals surface area (Å²) in [4.78, 5) is 0. The molecule has 0 saturated carbocycles. The number of nitrogens with zero attached hydrogens (tertiary/aromatic N) is 3. The zero-order valence-corrected chi connectivity index (χ0v) is 13.1. The van der Waals surface area contributed by atoms with Crippen LogP contribution >= 0.6 is 12.2 Å². The van der Waals surface area contributed by atoms with Gasteiger partial charge in [0.25, 0.3) is 0 Å². The minimum absolute atomic E-state index is 0.473. The summed E-state index contributed by atoms with van der Waals surface area (Å²) in [5.41, 5.74) is 0.889. The summed E-state index contributed by atoms with van der Waals surface area (Å²) in [5.74, 6) is 2.17. The molecule has 21 heavy (non-hydrogen) atoms. The summed E-state index contributed by atoms with van der Waals surface area (Å²) in [6, 6.07) is 5.63. The number of aryl methyl sites for hydroxylation is 1. The van der Waals surface area contributed by atoms with Gasteiger partial charge in [0, 0.05) is 6.42 Å². The van der Waals surface area contributed by atoms with Gasteiger partial charge in [-0.1, -0.05) is 6.92 Å². The Labute approximate surface area is 128 Å². The quantitative estimate of drug-likeness (QED) is 0.658. The zero-order chi connectivity index (χ0) is 15.2. The minimum Gasteiger partial charge on any atom is -0.493 e. The van der Waals surface area contributed by atoms with Crippen LogP contribution in [0, 0.1) is 4.77 Å². The average molecular weight is 306 g/mol. The molecular formula is C14H18N4O2S. The molecular weight excluding hydrogens is 288 g/mol. The van der Waals surface area contributed by atoms with Crippen LogP contribution in [0.1, 0.15) is 25.2 Å². The first-order valence-corrected chi connectivity index (χ1v) is 7.11. The number of benzene rings is 1. The first-order valence-electron chi connectivity index (χ1n) is 6.71. The molecule has 0 atom stereocenters. The second-order valence-electron chi connectivity index (χ2n) is 4.20. The van der Waals surface area contributed by atoms with Crippen LogP contribution in [0.5, 0.6) is 11.5 Å². The van der Waals surface area contributed by atoms with Crippen molar-refractivity contribution in [2.24, 2.45) is 5.10 Å². The van der Waals surface area contributed by atoms with Crippen molar-refractivity contribution in [3.05, 3.63) is 34.4 Å². The van der Waals surface area contributed by atoms with Gasteiger partial charge in [-0.25, -0.2) is 0 Å². The monoisotopic (exact) mass is 306 g/mol. The summed E-state index contributed by atoms with van der Waals surface area (Å²) < 4.78 is 12.9. The molecule has 0 aliphatic heterocycles. The Hall–Kier alpha value is -2.15. The molecule has 0 spiro atoms. The third kappa shape index (κ3) is 3.49. The zero-order valence-electron chi connectivity index (χ0n) is 12.3. The van der Waals surface area contributed by atoms with Crippen LogP contribution in [-0.2, 0) is 6.42 Å². The molecule has 2 aromatic rings. The average Bonchev–Trinajstić information content (AvgIpc) is 2.86. The highest BCUT2D eigenvalue weighted by Gasteiger charge is 2.05. The van der Waals surface area contributed by atoms with Crippen molar-refractivity contribution in [3.8, 4) is 11.5 Å². The Morgan fingerprint density at radius 2 is 2.19 bits per heavy atom. The number of aromatic amines is 1. The molecule has 0 amide bonds. The molecule has 2 rings (SSSR count). The number of hydrogen-bond donors (Lipinski definition) is 1. The third-order valence-corrected chi connectivity index (χ3v) is 3.11. The molecule has 0 saturated heterocycles. The summed E-state index contributed by atoms with van der Waals surface area (Å²) >= 11 is 5.14. The normalized spacial score (nSPS) is 11.0. The summed E-state index contributed by atoms with van der Waals surface area (Å²) in [6.45, 7) is 4.52. The van der Waals surface area contributed by atoms with E-state index in [1.165, 1.54) is 0 Å². The molecule has 6 nitrogen and oxygen atoms in total. The maximum absolute atomic E-state index is 5.48. The lowest BCUT2D eigenvalue weighted by Crippen LogP contribution is -1.98. The largest absolute Gasteiger partial charge is 0.493 e. The third-order valence-electron chi connectivity index (χ3n) is 2.84. The van der Waals surface area contributed by atoms with Gasteiger partial charge in [0.05, 0.1) is 19.9 Å². The molecule has 112 valence electrons. The number of aromatic nitrogens is 3. The second-order valence-corrected chi connectivity index (χ2v) is 4.58. The first-order chi connectivity index (χ1) is 10.2. The van der Waals surface area contributed by atoms with E-state index in [4.69, 9.17) is 21.7 Å². The molecule has 1 aromatic carbocycles. The van der Waals surface area contributed by atoms with E-state index in [0.29, 0.717) is 22.9 Å². The van der Waals surface area contributed by atoms with Crippen LogP contribution < -0.4 is 9.47 Å². The van der Waals surface area contributed by atoms with E-state index in [-0.39, 0.29) is 0 Å². The van der Waals surface area contributed by atoms with Crippen molar-refractivity contribution in [2.45, 2.75) is 20.3 Å². The smallest absolute Gasteiger partial charge is 0.216 e. The van der Waals surface area contributed by atoms with E-state index >= 15 is 0 Å². The highest BCUT2D eigenvalue weighted by atomic mass is 32.1. The Balaban J connectivity index is 2.29. The van der Waals surface area contributed by atoms with E-state index in [1.54, 1.807) is 18.0 Å². The fraction of sp³-hybridized carbons (Fsp3) is 0.357. The van der Waals surface area contributed by atoms with Gasteiger partial charge in [0.2, 0.25) is 4.77 Å². The molecule has 0 bridgehead atoms. The summed E-state index contributed by atoms with van der Waals surface area (Å²) in [7, 11) is 1.61. The molecule has 0 unspecified atom stereocenters. The topological polar surface area (TPSA) is 64.4 Å². The summed E-state index contributed by atoms with van der Waals surface area (Å²) in [6.07, 6.45) is 2.46. The van der Waals surface area contributed by atoms with Gasteiger partial charge in [-0.3, -0.25) is 5.10 Å². The summed E-state index contributed by atoms with van der Waals surface area (Å²) in [5, 5.41) is 11.2. The van der Waals surface area contributed by atoms with Crippen molar-refractivity contribution in [3.63, 3.8) is 0 Å². The lowest BCUT2D eigenvalue weighted by molar-refractivity contribution is 0.311. The van der Waals surface area contributed by atoms with Crippen LogP contribution in [0.15, 0.2) is 23.3 Å². The molecule has 0 radical (unpaired) electrons. The van der Waals surface area contributed by atoms with E-state index < -0.39 is 0 Å². The van der Waals surface area contributed by atoms with Gasteiger partial charge in [-0.05, 0) is 42.9 Å². The van der Waals surface area contributed by atoms with Crippen LogP contribution in [0.2, 0.25) is 0 Å². The van der Waals surface area contributed by atoms with Gasteiger partial charge < -0.3 is 9.47 Å². The number of rotatable bonds is 6. The fourth-order valence-corrected chi connectivity index (χ4v) is 2.03. The SMILES string of the molecule is CCOc1ccc(/C=N\n2c(CC)n[nH]c2=S)cc1OC. The van der Waals surface area contributed by atoms with Crippen molar-refractivity contribution >= 4 is 18.4 Å². The number of hydrogen-bond acceptors (Lipinski definition) is 5. The van der Waals surface area contributed by atoms with Gasteiger partial charge in [-0.2, -0.15) is 14.9 Å². The van der Waals surface area contributed by atoms with Crippen molar-refractivity contribution in [1.82, 2.24) is 14.9 Å². The van der Waals surface area contributed by atoms with Crippen LogP contribution in [0.3, 0.4) is 0 Å². The van der Waals surface area contributed by atoms with Crippen molar-refractivity contribution < 1.29 is 9.47 Å². The van der Waals surface area contributed by atoms with Crippen molar-refractivity contribution in [1.29, 1.82) is 0 Å². The molecule has 0 aliphatic carbocycles. The second kappa shape index (κ2) is 7.03. The van der Waals surface area contributed by atoms with Gasteiger partial charge in [-0.15, -0.1) is 0 Å². The van der Waals surface area contributed by atoms with Gasteiger partial charge in [0.15, 0.2) is 17.3 Å². The fourth-order valence-electron chi connectivity index (χ4n) is 1.84. The van der Waals surface area contributed by atoms with Crippen LogP contribution in [-0.4, -0.2) is 34.8 Å². The van der Waals surface area contributed by atoms with E-state index in [1.807, 2.05) is 32.0 Å². The number of methoxy groups -OCH3 is 1. The maximum Gasteiger partial charge on any atom is 0.216 e. The Morgan fingerprint density at radius 3 is 2.86 bits per heavy atom. The number of nitrogens with one attached hydrogen (secondary N) is 1. The lowest BCUT2D eigenvalue weighted by Gasteiger charge is -2.09. The lowest BCUT2D eigenvalue weighted by atomic mass is 10.2. The molecule has 0 fully saturated rings. The Morgan fingerprint density at radius 1 is 1.38 bits per heavy atom. The van der Waals surface area contributed by atoms with Crippen LogP contribution in [0.25, 0.3) is 0 Å². The Kier molecular flexibility index (Phi) is 5.10. The number of H-pyrrole nitrogens is 1. The minimum atomic E-state index is 0.473. The van der Waals surface area contributed by atoms with E-state index in [0.717, 1.165) is 17.8 Å². The first kappa shape index (κ1) is 15.2. The number of ether oxygens (including phenoxy) is 2. The highest BCUT2D eigenvalue weighted by Crippen LogP contribution is 2.27. The maximum atomic E-state index is 5.48. The molecule has 1 aromatic heterocycles. The predicted molar refractivity (Wildman–Crippen MR) is 83.9 cm³/mol. The standard InChI is InChI=1S/C14H18N4O2S/c1-4-13-16-17-14(21)18(13)15-9-10-6-7-11(20-5-2)12(8-10)19-3/h6-9H,4-5H2,1-3H3,(H,17,21)/b15-9-. The predicted octanol–water partition coefficient (Wildman–Crippen LogP) is 2.79. The highest BCUT2D eigenvalue weighted by molar-refractivity contribution is 7.71. The van der Waals surface area contributed by atoms with Gasteiger partial charge in [0.1, 0.15) is 0 Å².